The van der Waals surface area contributed by atoms with Gasteiger partial charge < -0.3 is 69.0 Å². The largest absolute Gasteiger partial charge is 0.490 e. The molecule has 81 heavy (non-hydrogen) atoms. The van der Waals surface area contributed by atoms with E-state index in [2.05, 4.69) is 36.3 Å². The minimum absolute atomic E-state index is 0.181. The van der Waals surface area contributed by atoms with Crippen LogP contribution in [0.4, 0.5) is 0 Å². The van der Waals surface area contributed by atoms with Crippen molar-refractivity contribution >= 4 is 58.1 Å². The number of allylic oxidation sites excluding steroid dienone is 6. The fraction of sp³-hybridized carbons (Fsp3) is 0.564. The van der Waals surface area contributed by atoms with Crippen LogP contribution in [0, 0.1) is 0 Å². The summed E-state index contributed by atoms with van der Waals surface area (Å²) in [7, 11) is -34.0. The van der Waals surface area contributed by atoms with Crippen molar-refractivity contribution in [2.45, 2.75) is 128 Å². The van der Waals surface area contributed by atoms with E-state index in [4.69, 9.17) is 29.0 Å². The normalized spacial score (nSPS) is 26.6. The highest BCUT2D eigenvalue weighted by atomic mass is 31.3. The Morgan fingerprint density at radius 1 is 0.605 bits per heavy atom. The Morgan fingerprint density at radius 2 is 1.02 bits per heavy atom. The number of imidazole rings is 1. The van der Waals surface area contributed by atoms with Gasteiger partial charge in [0.2, 0.25) is 0 Å². The fourth-order valence-electron chi connectivity index (χ4n) is 7.84. The van der Waals surface area contributed by atoms with Gasteiger partial charge in [0.25, 0.3) is 11.1 Å². The van der Waals surface area contributed by atoms with Crippen molar-refractivity contribution in [2.75, 3.05) is 13.2 Å². The summed E-state index contributed by atoms with van der Waals surface area (Å²) in [5.41, 5.74) is -4.07. The third-order valence-corrected chi connectivity index (χ3v) is 19.0. The average Bonchev–Trinajstić information content (AvgIpc) is 3.90. The van der Waals surface area contributed by atoms with Crippen LogP contribution in [-0.2, 0) is 74.6 Å². The summed E-state index contributed by atoms with van der Waals surface area (Å²) in [6.07, 6.45) is 0.913. The first-order valence-corrected chi connectivity index (χ1v) is 32.3. The van der Waals surface area contributed by atoms with Crippen LogP contribution in [0.2, 0.25) is 0 Å². The molecule has 0 spiro atoms. The first-order valence-electron chi connectivity index (χ1n) is 23.3. The summed E-state index contributed by atoms with van der Waals surface area (Å²) in [5.74, 6) is 0. The summed E-state index contributed by atoms with van der Waals surface area (Å²) in [4.78, 5) is 132. The van der Waals surface area contributed by atoms with Gasteiger partial charge in [-0.15, -0.1) is 0 Å². The molecule has 0 amide bonds. The van der Waals surface area contributed by atoms with Crippen LogP contribution in [0.3, 0.4) is 0 Å². The van der Waals surface area contributed by atoms with Gasteiger partial charge in [0, 0.05) is 25.1 Å². The number of fused-ring (bicyclic) bond motifs is 1. The zero-order valence-electron chi connectivity index (χ0n) is 43.4. The summed E-state index contributed by atoms with van der Waals surface area (Å²) in [5, 5.41) is 43.6. The molecule has 42 heteroatoms. The number of H-pyrrole nitrogens is 3. The lowest BCUT2D eigenvalue weighted by Crippen LogP contribution is -2.51. The molecule has 5 heterocycles. The monoisotopic (exact) mass is 1280 g/mol. The van der Waals surface area contributed by atoms with E-state index in [-0.39, 0.29) is 24.0 Å². The molecule has 12 atom stereocenters. The van der Waals surface area contributed by atoms with Crippen molar-refractivity contribution in [3.05, 3.63) is 107 Å². The van der Waals surface area contributed by atoms with Gasteiger partial charge in [-0.25, -0.2) is 42.0 Å². The van der Waals surface area contributed by atoms with Gasteiger partial charge in [-0.05, 0) is 67.2 Å². The number of nitrogens with one attached hydrogen (secondary N) is 3. The Labute approximate surface area is 456 Å². The maximum absolute atomic E-state index is 12.6. The zero-order valence-corrected chi connectivity index (χ0v) is 48.8. The van der Waals surface area contributed by atoms with Gasteiger partial charge in [-0.3, -0.25) is 42.7 Å². The third-order valence-electron chi connectivity index (χ3n) is 11.4. The molecule has 0 bridgehead atoms. The molecule has 3 aromatic rings. The Balaban J connectivity index is 0.000000350. The topological polar surface area (TPSA) is 557 Å². The number of hydrogen-bond acceptors (Lipinski definition) is 23. The van der Waals surface area contributed by atoms with Crippen molar-refractivity contribution in [3.8, 4) is 0 Å². The lowest BCUT2D eigenvalue weighted by atomic mass is 9.97. The minimum Gasteiger partial charge on any atom is -0.387 e. The second kappa shape index (κ2) is 27.6. The van der Waals surface area contributed by atoms with Crippen LogP contribution in [0.5, 0.6) is 0 Å². The molecule has 2 saturated heterocycles. The maximum atomic E-state index is 12.6. The molecule has 4 unspecified atom stereocenters. The van der Waals surface area contributed by atoms with Crippen molar-refractivity contribution in [2.24, 2.45) is 0 Å². The van der Waals surface area contributed by atoms with Crippen molar-refractivity contribution in [1.29, 1.82) is 0 Å². The number of aromatic amines is 3. The molecule has 0 aliphatic carbocycles. The number of rotatable bonds is 26. The van der Waals surface area contributed by atoms with Crippen LogP contribution in [0.25, 0.3) is 11.2 Å². The highest BCUT2D eigenvalue weighted by Gasteiger charge is 2.58. The molecule has 2 fully saturated rings. The van der Waals surface area contributed by atoms with Crippen LogP contribution >= 0.6 is 46.9 Å². The summed E-state index contributed by atoms with van der Waals surface area (Å²) in [6.45, 7) is 9.18. The third kappa shape index (κ3) is 20.3. The molecule has 0 radical (unpaired) electrons. The van der Waals surface area contributed by atoms with Crippen LogP contribution in [0.1, 0.15) is 80.1 Å². The SMILES string of the molecule is CC(C)=CCCC(C)=CC[C@@]1(n2ccc(=O)[nH]c2=O)O[C@H](COP(=O)(O)OP(=O)(O)OP(=O)(O)O)[C@@H](O)[C@H]1O.CC(C)=CCCC(C)=CC[C@@]1(n2cnc3c(=O)[nH]c(=O)[nH]c32)O[C@H](COP(=O)(O)OP(=O)(O)OP(=O)(O)O)[C@@H](O)[C@H]1O. The minimum atomic E-state index is -5.81. The van der Waals surface area contributed by atoms with E-state index in [1.165, 1.54) is 0 Å². The highest BCUT2D eigenvalue weighted by molar-refractivity contribution is 7.67. The van der Waals surface area contributed by atoms with E-state index in [9.17, 15) is 86.6 Å². The number of hydrogen-bond donors (Lipinski definition) is 15. The molecule has 2 aliphatic rings. The number of aromatic nitrogens is 6. The van der Waals surface area contributed by atoms with Crippen molar-refractivity contribution in [1.82, 2.24) is 29.1 Å². The fourth-order valence-corrected chi connectivity index (χ4v) is 13.9. The Bertz CT molecular complexity index is 3400. The van der Waals surface area contributed by atoms with Crippen LogP contribution < -0.4 is 22.5 Å². The van der Waals surface area contributed by atoms with Gasteiger partial charge in [0.1, 0.15) is 42.3 Å². The van der Waals surface area contributed by atoms with Crippen LogP contribution in [-0.4, -0.2) is 138 Å². The van der Waals surface area contributed by atoms with Gasteiger partial charge in [0.15, 0.2) is 17.0 Å². The number of aliphatic hydroxyl groups is 4. The summed E-state index contributed by atoms with van der Waals surface area (Å²) < 4.78 is 106. The van der Waals surface area contributed by atoms with E-state index in [1.54, 1.807) is 26.0 Å². The zero-order chi connectivity index (χ0) is 61.5. The molecule has 36 nitrogen and oxygen atoms in total. The number of nitrogens with zero attached hydrogens (tertiary/aromatic N) is 3. The molecule has 458 valence electrons. The predicted molar refractivity (Wildman–Crippen MR) is 276 cm³/mol. The Hall–Kier alpha value is -3.63. The van der Waals surface area contributed by atoms with E-state index in [0.717, 1.165) is 50.0 Å². The second-order valence-corrected chi connectivity index (χ2v) is 27.3. The lowest BCUT2D eigenvalue weighted by molar-refractivity contribution is -0.147. The molecule has 0 aromatic carbocycles. The molecular formula is C39H62N6O30P6. The number of aliphatic hydroxyl groups excluding tert-OH is 4. The highest BCUT2D eigenvalue weighted by Crippen LogP contribution is 2.67. The maximum Gasteiger partial charge on any atom is 0.490 e. The van der Waals surface area contributed by atoms with E-state index in [1.807, 2.05) is 49.8 Å². The smallest absolute Gasteiger partial charge is 0.387 e. The Kier molecular flexibility index (Phi) is 23.8. The van der Waals surface area contributed by atoms with E-state index in [0.29, 0.717) is 25.7 Å². The number of ether oxygens (including phenoxy) is 2. The predicted octanol–water partition coefficient (Wildman–Crippen LogP) is 1.35. The second-order valence-electron chi connectivity index (χ2n) is 18.5. The van der Waals surface area contributed by atoms with E-state index >= 15 is 0 Å². The molecular weight excluding hydrogens is 1220 g/mol. The first kappa shape index (κ1) is 69.9. The average molecular weight is 1280 g/mol. The summed E-state index contributed by atoms with van der Waals surface area (Å²) in [6, 6.07) is 0.969. The van der Waals surface area contributed by atoms with Gasteiger partial charge in [0.05, 0.1) is 19.5 Å². The summed E-state index contributed by atoms with van der Waals surface area (Å²) >= 11 is 0. The molecule has 15 N–H and O–H groups in total. The van der Waals surface area contributed by atoms with Crippen molar-refractivity contribution in [3.63, 3.8) is 0 Å². The van der Waals surface area contributed by atoms with Gasteiger partial charge in [-0.1, -0.05) is 46.6 Å². The van der Waals surface area contributed by atoms with Gasteiger partial charge >= 0.3 is 58.3 Å². The number of phosphoric ester groups is 2. The molecule has 5 rings (SSSR count). The van der Waals surface area contributed by atoms with E-state index < -0.39 is 131 Å². The number of phosphoric acid groups is 6. The standard InChI is InChI=1S/C20H31N4O15P3.C19H31N2O15P3/c1-11(2)5-4-6-12(3)7-8-20(24-10-21-14-17(24)22-19(28)23-18(14)27)16(26)15(25)13(37-20)9-36-41(32,33)39-42(34,35)38-40(29,30)31;1-12(2)5-4-6-13(3)7-9-19(21-10-8-15(22)20-18(21)25)17(24)16(23)14(34-19)11-33-38(29,30)36-39(31,32)35-37(26,27)28/h5,7,10,13,15-16,25-26H,4,6,8-9H2,1-3H3,(H,32,33)(H,34,35)(H2,29,30,31)(H2,22,23,27,28);5,7-8,10,14,16-17,23-24H,4,6,9,11H2,1-3H3,(H,29,30)(H,31,32)(H,20,22,25)(H2,26,27,28)/t13-,15-,16-,20-;14-,16-,17-,19-/m11/s1. The molecule has 2 aliphatic heterocycles. The first-order chi connectivity index (χ1) is 37.0. The quantitative estimate of drug-likeness (QED) is 0.0398. The molecule has 3 aromatic heterocycles. The molecule has 0 saturated carbocycles. The van der Waals surface area contributed by atoms with Crippen LogP contribution in [0.15, 0.2) is 84.4 Å². The lowest BCUT2D eigenvalue weighted by Gasteiger charge is -2.33. The van der Waals surface area contributed by atoms with Crippen molar-refractivity contribution < 1.29 is 123 Å². The van der Waals surface area contributed by atoms with Gasteiger partial charge in [-0.2, -0.15) is 17.2 Å². The Morgan fingerprint density at radius 3 is 1.42 bits per heavy atom.